The van der Waals surface area contributed by atoms with E-state index in [9.17, 15) is 4.79 Å². The van der Waals surface area contributed by atoms with Crippen molar-refractivity contribution in [3.05, 3.63) is 18.0 Å². The van der Waals surface area contributed by atoms with Crippen LogP contribution in [0.4, 0.5) is 5.95 Å². The van der Waals surface area contributed by atoms with E-state index in [0.29, 0.717) is 24.1 Å². The molecular weight excluding hydrogens is 280 g/mol. The fraction of sp³-hybridized carbons (Fsp3) is 0.688. The summed E-state index contributed by atoms with van der Waals surface area (Å²) in [7, 11) is 0. The standard InChI is InChI=1S/C16H24N4O2/c1-12-4-2-8-20(11-12)15(21)14-6-7-17-16(19-14)18-10-13-5-3-9-22-13/h6-7,12-13H,2-5,8-11H2,1H3,(H,17,18,19). The number of carbonyl (C=O) groups excluding carboxylic acids is 1. The molecule has 6 heteroatoms. The molecule has 2 unspecified atom stereocenters. The first-order valence-corrected chi connectivity index (χ1v) is 8.20. The number of piperidine rings is 1. The predicted octanol–water partition coefficient (Wildman–Crippen LogP) is 1.94. The highest BCUT2D eigenvalue weighted by Crippen LogP contribution is 2.18. The van der Waals surface area contributed by atoms with Crippen molar-refractivity contribution in [3.8, 4) is 0 Å². The van der Waals surface area contributed by atoms with Crippen molar-refractivity contribution in [3.63, 3.8) is 0 Å². The summed E-state index contributed by atoms with van der Waals surface area (Å²) in [6, 6.07) is 1.69. The number of nitrogens with zero attached hydrogens (tertiary/aromatic N) is 3. The fourth-order valence-electron chi connectivity index (χ4n) is 3.11. The normalized spacial score (nSPS) is 25.2. The zero-order chi connectivity index (χ0) is 15.4. The molecular formula is C16H24N4O2. The summed E-state index contributed by atoms with van der Waals surface area (Å²) < 4.78 is 5.57. The van der Waals surface area contributed by atoms with Gasteiger partial charge in [-0.25, -0.2) is 9.97 Å². The van der Waals surface area contributed by atoms with Gasteiger partial charge in [-0.3, -0.25) is 4.79 Å². The summed E-state index contributed by atoms with van der Waals surface area (Å²) in [6.45, 7) is 5.36. The zero-order valence-electron chi connectivity index (χ0n) is 13.1. The van der Waals surface area contributed by atoms with Crippen LogP contribution in [0.5, 0.6) is 0 Å². The van der Waals surface area contributed by atoms with E-state index >= 15 is 0 Å². The Morgan fingerprint density at radius 1 is 1.45 bits per heavy atom. The van der Waals surface area contributed by atoms with Crippen LogP contribution in [0.1, 0.15) is 43.1 Å². The third-order valence-corrected chi connectivity index (χ3v) is 4.33. The Balaban J connectivity index is 1.61. The maximum Gasteiger partial charge on any atom is 0.272 e. The van der Waals surface area contributed by atoms with Crippen molar-refractivity contribution < 1.29 is 9.53 Å². The van der Waals surface area contributed by atoms with Gasteiger partial charge in [0.1, 0.15) is 5.69 Å². The molecule has 1 aromatic rings. The minimum atomic E-state index is 0.00844. The molecule has 2 aliphatic rings. The Morgan fingerprint density at radius 2 is 2.36 bits per heavy atom. The molecule has 2 saturated heterocycles. The first-order chi connectivity index (χ1) is 10.7. The number of hydrogen-bond acceptors (Lipinski definition) is 5. The summed E-state index contributed by atoms with van der Waals surface area (Å²) in [6.07, 6.45) is 6.32. The van der Waals surface area contributed by atoms with Gasteiger partial charge in [0.05, 0.1) is 6.10 Å². The molecule has 2 aliphatic heterocycles. The van der Waals surface area contributed by atoms with E-state index in [-0.39, 0.29) is 12.0 Å². The van der Waals surface area contributed by atoms with Gasteiger partial charge >= 0.3 is 0 Å². The van der Waals surface area contributed by atoms with Gasteiger partial charge in [-0.1, -0.05) is 6.92 Å². The molecule has 0 spiro atoms. The molecule has 3 heterocycles. The molecule has 0 bridgehead atoms. The average Bonchev–Trinajstić information content (AvgIpc) is 3.06. The second-order valence-corrected chi connectivity index (χ2v) is 6.28. The van der Waals surface area contributed by atoms with E-state index in [1.54, 1.807) is 12.3 Å². The highest BCUT2D eigenvalue weighted by atomic mass is 16.5. The van der Waals surface area contributed by atoms with Crippen LogP contribution in [0.3, 0.4) is 0 Å². The molecule has 1 aromatic heterocycles. The van der Waals surface area contributed by atoms with Crippen molar-refractivity contribution in [1.29, 1.82) is 0 Å². The molecule has 120 valence electrons. The largest absolute Gasteiger partial charge is 0.376 e. The monoisotopic (exact) mass is 304 g/mol. The van der Waals surface area contributed by atoms with Crippen molar-refractivity contribution in [1.82, 2.24) is 14.9 Å². The quantitative estimate of drug-likeness (QED) is 0.921. The number of aromatic nitrogens is 2. The number of rotatable bonds is 4. The molecule has 2 atom stereocenters. The number of nitrogens with one attached hydrogen (secondary N) is 1. The summed E-state index contributed by atoms with van der Waals surface area (Å²) in [5.41, 5.74) is 0.471. The Hall–Kier alpha value is -1.69. The van der Waals surface area contributed by atoms with E-state index in [0.717, 1.165) is 39.0 Å². The molecule has 1 amide bonds. The average molecular weight is 304 g/mol. The molecule has 6 nitrogen and oxygen atoms in total. The summed E-state index contributed by atoms with van der Waals surface area (Å²) in [5.74, 6) is 1.08. The number of ether oxygens (including phenoxy) is 1. The molecule has 0 radical (unpaired) electrons. The molecule has 3 rings (SSSR count). The summed E-state index contributed by atoms with van der Waals surface area (Å²) >= 11 is 0. The Bertz CT molecular complexity index is 517. The predicted molar refractivity (Wildman–Crippen MR) is 83.8 cm³/mol. The minimum Gasteiger partial charge on any atom is -0.376 e. The van der Waals surface area contributed by atoms with Gasteiger partial charge in [-0.15, -0.1) is 0 Å². The van der Waals surface area contributed by atoms with Crippen LogP contribution >= 0.6 is 0 Å². The molecule has 2 fully saturated rings. The minimum absolute atomic E-state index is 0.00844. The van der Waals surface area contributed by atoms with Gasteiger partial charge < -0.3 is 15.0 Å². The molecule has 1 N–H and O–H groups in total. The van der Waals surface area contributed by atoms with Crippen LogP contribution in [0, 0.1) is 5.92 Å². The second kappa shape index (κ2) is 7.05. The van der Waals surface area contributed by atoms with Crippen molar-refractivity contribution in [2.75, 3.05) is 31.6 Å². The lowest BCUT2D eigenvalue weighted by atomic mass is 10.00. The van der Waals surface area contributed by atoms with E-state index in [1.165, 1.54) is 6.42 Å². The number of hydrogen-bond donors (Lipinski definition) is 1. The highest BCUT2D eigenvalue weighted by Gasteiger charge is 2.23. The molecule has 0 aromatic carbocycles. The highest BCUT2D eigenvalue weighted by molar-refractivity contribution is 5.92. The van der Waals surface area contributed by atoms with Crippen molar-refractivity contribution in [2.24, 2.45) is 5.92 Å². The summed E-state index contributed by atoms with van der Waals surface area (Å²) in [5, 5.41) is 3.18. The number of likely N-dealkylation sites (tertiary alicyclic amines) is 1. The SMILES string of the molecule is CC1CCCN(C(=O)c2ccnc(NCC3CCCO3)n2)C1. The number of amides is 1. The van der Waals surface area contributed by atoms with E-state index in [2.05, 4.69) is 22.2 Å². The lowest BCUT2D eigenvalue weighted by molar-refractivity contribution is 0.0677. The Labute approximate surface area is 131 Å². The third kappa shape index (κ3) is 3.74. The van der Waals surface area contributed by atoms with Gasteiger partial charge in [0.2, 0.25) is 5.95 Å². The maximum absolute atomic E-state index is 12.5. The van der Waals surface area contributed by atoms with Crippen LogP contribution in [0.25, 0.3) is 0 Å². The van der Waals surface area contributed by atoms with Crippen LogP contribution in [0.15, 0.2) is 12.3 Å². The van der Waals surface area contributed by atoms with Gasteiger partial charge in [0.15, 0.2) is 0 Å². The topological polar surface area (TPSA) is 67.4 Å². The van der Waals surface area contributed by atoms with Crippen molar-refractivity contribution >= 4 is 11.9 Å². The number of carbonyl (C=O) groups is 1. The summed E-state index contributed by atoms with van der Waals surface area (Å²) in [4.78, 5) is 23.0. The van der Waals surface area contributed by atoms with Crippen LogP contribution in [0.2, 0.25) is 0 Å². The smallest absolute Gasteiger partial charge is 0.272 e. The van der Waals surface area contributed by atoms with Gasteiger partial charge in [-0.05, 0) is 37.7 Å². The zero-order valence-corrected chi connectivity index (χ0v) is 13.1. The van der Waals surface area contributed by atoms with Crippen LogP contribution in [-0.2, 0) is 4.74 Å². The Kier molecular flexibility index (Phi) is 4.87. The maximum atomic E-state index is 12.5. The third-order valence-electron chi connectivity index (χ3n) is 4.33. The molecule has 22 heavy (non-hydrogen) atoms. The lowest BCUT2D eigenvalue weighted by Crippen LogP contribution is -2.39. The number of anilines is 1. The lowest BCUT2D eigenvalue weighted by Gasteiger charge is -2.30. The first-order valence-electron chi connectivity index (χ1n) is 8.20. The van der Waals surface area contributed by atoms with E-state index in [1.807, 2.05) is 4.90 Å². The fourth-order valence-corrected chi connectivity index (χ4v) is 3.11. The molecule has 0 saturated carbocycles. The first kappa shape index (κ1) is 15.2. The van der Waals surface area contributed by atoms with E-state index in [4.69, 9.17) is 4.74 Å². The van der Waals surface area contributed by atoms with Gasteiger partial charge in [0.25, 0.3) is 5.91 Å². The van der Waals surface area contributed by atoms with Crippen LogP contribution < -0.4 is 5.32 Å². The van der Waals surface area contributed by atoms with Gasteiger partial charge in [0, 0.05) is 32.4 Å². The molecule has 0 aliphatic carbocycles. The van der Waals surface area contributed by atoms with Crippen molar-refractivity contribution in [2.45, 2.75) is 38.7 Å². The van der Waals surface area contributed by atoms with E-state index < -0.39 is 0 Å². The van der Waals surface area contributed by atoms with Gasteiger partial charge in [-0.2, -0.15) is 0 Å². The Morgan fingerprint density at radius 3 is 3.14 bits per heavy atom. The van der Waals surface area contributed by atoms with Crippen LogP contribution in [-0.4, -0.2) is 53.1 Å². The second-order valence-electron chi connectivity index (χ2n) is 6.28.